The summed E-state index contributed by atoms with van der Waals surface area (Å²) in [5, 5.41) is 3.76. The molecular weight excluding hydrogens is 506 g/mol. The number of halogens is 2. The SMILES string of the molecule is COc1cc(C)[nH]c(=O)c1CNC(=O)c1c(C)n([C@H](C)C2CCN(C3(C(F)F)COC3)CC2)c2ccccc12. The summed E-state index contributed by atoms with van der Waals surface area (Å²) in [7, 11) is 1.50. The minimum Gasteiger partial charge on any atom is -0.496 e. The second-order valence-electron chi connectivity index (χ2n) is 10.8. The molecule has 0 bridgehead atoms. The Hall–Kier alpha value is -3.24. The number of alkyl halides is 2. The van der Waals surface area contributed by atoms with E-state index in [4.69, 9.17) is 9.47 Å². The molecule has 1 aromatic carbocycles. The van der Waals surface area contributed by atoms with Crippen molar-refractivity contribution in [2.24, 2.45) is 5.92 Å². The molecule has 1 amide bonds. The first-order chi connectivity index (χ1) is 18.7. The van der Waals surface area contributed by atoms with E-state index >= 15 is 0 Å². The second-order valence-corrected chi connectivity index (χ2v) is 10.8. The molecule has 2 aliphatic heterocycles. The standard InChI is InChI=1S/C29H36F2N4O4/c1-17-13-24(38-4)22(26(36)33-17)14-32-27(37)25-19(3)35(23-8-6-5-7-21(23)25)18(2)20-9-11-34(12-10-20)29(28(30)31)15-39-16-29/h5-8,13,18,20,28H,9-12,14-16H2,1-4H3,(H,32,37)(H,33,36)/t18-/m1/s1. The third kappa shape index (κ3) is 4.74. The van der Waals surface area contributed by atoms with Gasteiger partial charge in [0, 0.05) is 28.3 Å². The molecule has 0 spiro atoms. The highest BCUT2D eigenvalue weighted by atomic mass is 19.3. The highest BCUT2D eigenvalue weighted by molar-refractivity contribution is 6.08. The molecule has 0 saturated carbocycles. The van der Waals surface area contributed by atoms with Crippen molar-refractivity contribution in [3.8, 4) is 5.75 Å². The van der Waals surface area contributed by atoms with Gasteiger partial charge in [0.1, 0.15) is 11.3 Å². The lowest BCUT2D eigenvalue weighted by molar-refractivity contribution is -0.208. The molecule has 8 nitrogen and oxygen atoms in total. The number of benzene rings is 1. The van der Waals surface area contributed by atoms with Gasteiger partial charge in [-0.15, -0.1) is 0 Å². The molecule has 2 aromatic heterocycles. The van der Waals surface area contributed by atoms with Crippen LogP contribution in [0, 0.1) is 19.8 Å². The molecule has 3 aromatic rings. The Morgan fingerprint density at radius 1 is 1.23 bits per heavy atom. The number of methoxy groups -OCH3 is 1. The summed E-state index contributed by atoms with van der Waals surface area (Å²) < 4.78 is 40.4. The van der Waals surface area contributed by atoms with Crippen molar-refractivity contribution in [1.29, 1.82) is 0 Å². The van der Waals surface area contributed by atoms with Gasteiger partial charge in [-0.3, -0.25) is 14.5 Å². The zero-order valence-corrected chi connectivity index (χ0v) is 22.9. The molecule has 10 heteroatoms. The van der Waals surface area contributed by atoms with Gasteiger partial charge in [0.25, 0.3) is 17.9 Å². The Labute approximate surface area is 226 Å². The monoisotopic (exact) mass is 542 g/mol. The number of aryl methyl sites for hydroxylation is 1. The van der Waals surface area contributed by atoms with Crippen LogP contribution in [0.4, 0.5) is 8.78 Å². The number of hydrogen-bond donors (Lipinski definition) is 2. The van der Waals surface area contributed by atoms with E-state index in [0.717, 1.165) is 29.4 Å². The van der Waals surface area contributed by atoms with Gasteiger partial charge in [0.05, 0.1) is 38.0 Å². The average Bonchev–Trinajstić information content (AvgIpc) is 3.18. The fraction of sp³-hybridized carbons (Fsp3) is 0.517. The molecule has 2 aliphatic rings. The number of pyridine rings is 1. The number of hydrogen-bond acceptors (Lipinski definition) is 5. The van der Waals surface area contributed by atoms with Crippen molar-refractivity contribution < 1.29 is 23.0 Å². The first-order valence-corrected chi connectivity index (χ1v) is 13.4. The van der Waals surface area contributed by atoms with Crippen LogP contribution in [0.3, 0.4) is 0 Å². The Morgan fingerprint density at radius 3 is 2.54 bits per heavy atom. The van der Waals surface area contributed by atoms with Crippen LogP contribution in [0.2, 0.25) is 0 Å². The first kappa shape index (κ1) is 27.3. The van der Waals surface area contributed by atoms with Crippen LogP contribution in [-0.2, 0) is 11.3 Å². The van der Waals surface area contributed by atoms with E-state index in [1.54, 1.807) is 13.0 Å². The summed E-state index contributed by atoms with van der Waals surface area (Å²) in [5.74, 6) is 0.436. The number of aromatic amines is 1. The largest absolute Gasteiger partial charge is 0.496 e. The topological polar surface area (TPSA) is 88.6 Å². The van der Waals surface area contributed by atoms with Gasteiger partial charge >= 0.3 is 0 Å². The fourth-order valence-corrected chi connectivity index (χ4v) is 6.29. The van der Waals surface area contributed by atoms with E-state index in [0.29, 0.717) is 35.7 Å². The van der Waals surface area contributed by atoms with Gasteiger partial charge in [-0.1, -0.05) is 18.2 Å². The summed E-state index contributed by atoms with van der Waals surface area (Å²) >= 11 is 0. The normalized spacial score (nSPS) is 18.7. The number of likely N-dealkylation sites (tertiary alicyclic amines) is 1. The first-order valence-electron chi connectivity index (χ1n) is 13.4. The maximum atomic E-state index is 13.8. The molecule has 2 fully saturated rings. The molecule has 2 N–H and O–H groups in total. The van der Waals surface area contributed by atoms with Crippen molar-refractivity contribution in [2.45, 2.75) is 58.2 Å². The van der Waals surface area contributed by atoms with Crippen LogP contribution in [-0.4, -0.2) is 65.7 Å². The van der Waals surface area contributed by atoms with Crippen molar-refractivity contribution in [3.63, 3.8) is 0 Å². The van der Waals surface area contributed by atoms with Crippen LogP contribution in [0.1, 0.15) is 53.1 Å². The van der Waals surface area contributed by atoms with E-state index in [2.05, 4.69) is 21.8 Å². The minimum absolute atomic E-state index is 0.0280. The Morgan fingerprint density at radius 2 is 1.92 bits per heavy atom. The van der Waals surface area contributed by atoms with Gasteiger partial charge in [0.2, 0.25) is 0 Å². The van der Waals surface area contributed by atoms with Crippen molar-refractivity contribution >= 4 is 16.8 Å². The quantitative estimate of drug-likeness (QED) is 0.446. The maximum Gasteiger partial charge on any atom is 0.261 e. The number of para-hydroxylation sites is 1. The molecule has 0 aliphatic carbocycles. The molecule has 4 heterocycles. The molecule has 5 rings (SSSR count). The van der Waals surface area contributed by atoms with E-state index in [9.17, 15) is 18.4 Å². The number of amides is 1. The van der Waals surface area contributed by atoms with Crippen LogP contribution in [0.5, 0.6) is 5.75 Å². The van der Waals surface area contributed by atoms with Crippen LogP contribution in [0.25, 0.3) is 10.9 Å². The smallest absolute Gasteiger partial charge is 0.261 e. The number of ether oxygens (including phenoxy) is 2. The van der Waals surface area contributed by atoms with Crippen molar-refractivity contribution in [2.75, 3.05) is 33.4 Å². The third-order valence-corrected chi connectivity index (χ3v) is 8.63. The number of aromatic nitrogens is 2. The lowest BCUT2D eigenvalue weighted by Crippen LogP contribution is -2.68. The van der Waals surface area contributed by atoms with E-state index in [1.165, 1.54) is 7.11 Å². The number of nitrogens with zero attached hydrogens (tertiary/aromatic N) is 2. The van der Waals surface area contributed by atoms with Gasteiger partial charge < -0.3 is 24.3 Å². The summed E-state index contributed by atoms with van der Waals surface area (Å²) in [5.41, 5.74) is 1.96. The summed E-state index contributed by atoms with van der Waals surface area (Å²) in [6.07, 6.45) is -0.842. The molecular formula is C29H36F2N4O4. The Balaban J connectivity index is 1.37. The maximum absolute atomic E-state index is 13.8. The number of H-pyrrole nitrogens is 1. The Kier molecular flexibility index (Phi) is 7.52. The lowest BCUT2D eigenvalue weighted by atomic mass is 9.85. The minimum atomic E-state index is -2.42. The highest BCUT2D eigenvalue weighted by Gasteiger charge is 2.52. The summed E-state index contributed by atoms with van der Waals surface area (Å²) in [4.78, 5) is 30.7. The highest BCUT2D eigenvalue weighted by Crippen LogP contribution is 2.39. The zero-order valence-electron chi connectivity index (χ0n) is 22.9. The third-order valence-electron chi connectivity index (χ3n) is 8.63. The molecule has 0 radical (unpaired) electrons. The average molecular weight is 543 g/mol. The van der Waals surface area contributed by atoms with Gasteiger partial charge in [-0.2, -0.15) is 0 Å². The van der Waals surface area contributed by atoms with Crippen LogP contribution >= 0.6 is 0 Å². The van der Waals surface area contributed by atoms with E-state index in [-0.39, 0.29) is 43.2 Å². The summed E-state index contributed by atoms with van der Waals surface area (Å²) in [6.45, 7) is 7.26. The zero-order chi connectivity index (χ0) is 27.9. The van der Waals surface area contributed by atoms with Gasteiger partial charge in [-0.25, -0.2) is 8.78 Å². The number of piperidine rings is 1. The lowest BCUT2D eigenvalue weighted by Gasteiger charge is -2.51. The van der Waals surface area contributed by atoms with Crippen LogP contribution in [0.15, 0.2) is 35.1 Å². The number of carbonyl (C=O) groups excluding carboxylic acids is 1. The Bertz CT molecular complexity index is 1420. The number of nitrogens with one attached hydrogen (secondary N) is 2. The number of fused-ring (bicyclic) bond motifs is 1. The molecule has 39 heavy (non-hydrogen) atoms. The van der Waals surface area contributed by atoms with E-state index in [1.807, 2.05) is 36.1 Å². The predicted octanol–water partition coefficient (Wildman–Crippen LogP) is 4.19. The molecule has 0 unspecified atom stereocenters. The van der Waals surface area contributed by atoms with Gasteiger partial charge in [0.15, 0.2) is 0 Å². The van der Waals surface area contributed by atoms with E-state index < -0.39 is 12.0 Å². The molecule has 210 valence electrons. The molecule has 2 saturated heterocycles. The molecule has 1 atom stereocenters. The number of rotatable bonds is 8. The van der Waals surface area contributed by atoms with Crippen molar-refractivity contribution in [3.05, 3.63) is 63.2 Å². The second kappa shape index (κ2) is 10.7. The van der Waals surface area contributed by atoms with Crippen LogP contribution < -0.4 is 15.6 Å². The van der Waals surface area contributed by atoms with Gasteiger partial charge in [-0.05, 0) is 64.8 Å². The number of carbonyl (C=O) groups is 1. The summed E-state index contributed by atoms with van der Waals surface area (Å²) in [6, 6.07) is 9.60. The predicted molar refractivity (Wildman–Crippen MR) is 145 cm³/mol. The fourth-order valence-electron chi connectivity index (χ4n) is 6.29. The van der Waals surface area contributed by atoms with Crippen molar-refractivity contribution in [1.82, 2.24) is 19.8 Å².